The third-order valence-corrected chi connectivity index (χ3v) is 8.13. The monoisotopic (exact) mass is 526 g/mol. The molecule has 0 spiro atoms. The largest absolute Gasteiger partial charge is 0.497 e. The summed E-state index contributed by atoms with van der Waals surface area (Å²) >= 11 is 0. The van der Waals surface area contributed by atoms with E-state index < -0.39 is 0 Å². The van der Waals surface area contributed by atoms with Crippen molar-refractivity contribution >= 4 is 11.8 Å². The van der Waals surface area contributed by atoms with Gasteiger partial charge in [-0.25, -0.2) is 4.79 Å². The number of carbonyl (C=O) groups excluding carboxylic acids is 2. The maximum Gasteiger partial charge on any atom is 0.337 e. The van der Waals surface area contributed by atoms with Gasteiger partial charge in [0.05, 0.1) is 19.8 Å². The highest BCUT2D eigenvalue weighted by atomic mass is 16.5. The van der Waals surface area contributed by atoms with Crippen molar-refractivity contribution in [1.82, 2.24) is 0 Å². The van der Waals surface area contributed by atoms with Crippen LogP contribution in [0.15, 0.2) is 72.8 Å². The smallest absolute Gasteiger partial charge is 0.337 e. The minimum atomic E-state index is -0.357. The Morgan fingerprint density at radius 3 is 2.10 bits per heavy atom. The molecule has 2 atom stereocenters. The molecule has 0 N–H and O–H groups in total. The number of benzene rings is 3. The van der Waals surface area contributed by atoms with Gasteiger partial charge in [0.15, 0.2) is 5.78 Å². The molecule has 0 aliphatic heterocycles. The highest BCUT2D eigenvalue weighted by Gasteiger charge is 2.21. The van der Waals surface area contributed by atoms with Crippen molar-refractivity contribution in [1.29, 1.82) is 0 Å². The Morgan fingerprint density at radius 1 is 0.769 bits per heavy atom. The number of Topliss-reactive ketones (excluding diaryl/α,β-unsaturated/α-hetero) is 1. The van der Waals surface area contributed by atoms with Crippen LogP contribution in [0.4, 0.5) is 0 Å². The Labute approximate surface area is 233 Å². The van der Waals surface area contributed by atoms with Gasteiger partial charge in [-0.05, 0) is 84.9 Å². The highest BCUT2D eigenvalue weighted by Crippen LogP contribution is 2.28. The van der Waals surface area contributed by atoms with Gasteiger partial charge in [-0.15, -0.1) is 0 Å². The zero-order chi connectivity index (χ0) is 27.5. The summed E-state index contributed by atoms with van der Waals surface area (Å²) in [5.74, 6) is 1.61. The van der Waals surface area contributed by atoms with E-state index in [9.17, 15) is 9.59 Å². The van der Waals surface area contributed by atoms with Gasteiger partial charge < -0.3 is 9.47 Å². The number of aryl methyl sites for hydroxylation is 1. The molecule has 2 unspecified atom stereocenters. The quantitative estimate of drug-likeness (QED) is 0.305. The van der Waals surface area contributed by atoms with Crippen LogP contribution in [-0.2, 0) is 24.0 Å². The lowest BCUT2D eigenvalue weighted by Gasteiger charge is -2.21. The van der Waals surface area contributed by atoms with Crippen LogP contribution in [0.1, 0.15) is 88.8 Å². The van der Waals surface area contributed by atoms with Crippen LogP contribution in [0.5, 0.6) is 5.75 Å². The van der Waals surface area contributed by atoms with Crippen molar-refractivity contribution in [3.63, 3.8) is 0 Å². The summed E-state index contributed by atoms with van der Waals surface area (Å²) in [6.07, 6.45) is 11.2. The molecule has 0 aromatic heterocycles. The number of ketones is 1. The fraction of sp³-hybridized carbons (Fsp3) is 0.429. The van der Waals surface area contributed by atoms with E-state index in [1.165, 1.54) is 37.5 Å². The van der Waals surface area contributed by atoms with Gasteiger partial charge in [-0.3, -0.25) is 4.79 Å². The van der Waals surface area contributed by atoms with Crippen LogP contribution in [-0.4, -0.2) is 26.0 Å². The van der Waals surface area contributed by atoms with E-state index in [2.05, 4.69) is 42.5 Å². The summed E-state index contributed by atoms with van der Waals surface area (Å²) in [7, 11) is 3.08. The molecular weight excluding hydrogens is 484 g/mol. The molecule has 0 bridgehead atoms. The third kappa shape index (κ3) is 8.54. The minimum Gasteiger partial charge on any atom is -0.497 e. The zero-order valence-corrected chi connectivity index (χ0v) is 23.5. The SMILES string of the molecule is COC(=O)c1ccc2c(c1)CCCCC(Cc1ccccc1)CCCCC(Cc1ccc(OC)cc1)CC2=O. The standard InChI is InChI=1S/C35H42O4/c1-38-32-19-16-28(17-20-32)23-29-14-7-6-12-27(22-26-10-4-3-5-11-26)13-8-9-15-30-25-31(35(37)39-2)18-21-33(30)34(36)24-29/h3-5,10-11,16-21,25,27,29H,6-9,12-15,22-24H2,1-2H3. The van der Waals surface area contributed by atoms with Crippen molar-refractivity contribution < 1.29 is 19.1 Å². The van der Waals surface area contributed by atoms with Crippen molar-refractivity contribution in [2.75, 3.05) is 14.2 Å². The van der Waals surface area contributed by atoms with E-state index in [4.69, 9.17) is 9.47 Å². The van der Waals surface area contributed by atoms with Crippen LogP contribution in [0.2, 0.25) is 0 Å². The Kier molecular flexibility index (Phi) is 10.8. The van der Waals surface area contributed by atoms with E-state index in [-0.39, 0.29) is 17.7 Å². The van der Waals surface area contributed by atoms with Gasteiger partial charge in [0, 0.05) is 12.0 Å². The highest BCUT2D eigenvalue weighted by molar-refractivity contribution is 5.99. The fourth-order valence-electron chi connectivity index (χ4n) is 5.97. The van der Waals surface area contributed by atoms with Crippen LogP contribution in [0.3, 0.4) is 0 Å². The molecule has 4 nitrogen and oxygen atoms in total. The van der Waals surface area contributed by atoms with E-state index in [0.29, 0.717) is 17.9 Å². The van der Waals surface area contributed by atoms with E-state index in [0.717, 1.165) is 61.8 Å². The molecule has 3 aromatic carbocycles. The molecule has 1 aliphatic carbocycles. The summed E-state index contributed by atoms with van der Waals surface area (Å²) in [5, 5.41) is 0. The Hall–Kier alpha value is -3.40. The lowest BCUT2D eigenvalue weighted by atomic mass is 9.83. The molecule has 0 fully saturated rings. The molecule has 0 heterocycles. The topological polar surface area (TPSA) is 52.6 Å². The van der Waals surface area contributed by atoms with E-state index in [1.54, 1.807) is 13.2 Å². The second kappa shape index (κ2) is 14.7. The number of hydrogen-bond donors (Lipinski definition) is 0. The van der Waals surface area contributed by atoms with Crippen LogP contribution >= 0.6 is 0 Å². The number of esters is 1. The Bertz CT molecular complexity index is 1200. The molecule has 0 saturated heterocycles. The average molecular weight is 527 g/mol. The van der Waals surface area contributed by atoms with Crippen LogP contribution in [0, 0.1) is 11.8 Å². The lowest BCUT2D eigenvalue weighted by molar-refractivity contribution is 0.0600. The number of fused-ring (bicyclic) bond motifs is 1. The van der Waals surface area contributed by atoms with Gasteiger partial charge in [0.1, 0.15) is 5.75 Å². The summed E-state index contributed by atoms with van der Waals surface area (Å²) in [5.41, 5.74) is 4.91. The molecule has 4 heteroatoms. The number of rotatable bonds is 6. The van der Waals surface area contributed by atoms with Crippen molar-refractivity contribution in [3.05, 3.63) is 101 Å². The van der Waals surface area contributed by atoms with E-state index >= 15 is 0 Å². The first-order chi connectivity index (χ1) is 19.1. The predicted octanol–water partition coefficient (Wildman–Crippen LogP) is 8.06. The summed E-state index contributed by atoms with van der Waals surface area (Å²) < 4.78 is 10.3. The maximum atomic E-state index is 13.6. The van der Waals surface area contributed by atoms with Gasteiger partial charge >= 0.3 is 5.97 Å². The Balaban J connectivity index is 1.55. The zero-order valence-electron chi connectivity index (χ0n) is 23.5. The van der Waals surface area contributed by atoms with Gasteiger partial charge in [0.2, 0.25) is 0 Å². The van der Waals surface area contributed by atoms with Crippen LogP contribution < -0.4 is 4.74 Å². The Morgan fingerprint density at radius 2 is 1.41 bits per heavy atom. The first kappa shape index (κ1) is 28.6. The van der Waals surface area contributed by atoms with Crippen LogP contribution in [0.25, 0.3) is 0 Å². The molecule has 39 heavy (non-hydrogen) atoms. The fourth-order valence-corrected chi connectivity index (χ4v) is 5.97. The van der Waals surface area contributed by atoms with Gasteiger partial charge in [-0.1, -0.05) is 80.6 Å². The molecule has 3 aromatic rings. The minimum absolute atomic E-state index is 0.180. The van der Waals surface area contributed by atoms with E-state index in [1.807, 2.05) is 24.3 Å². The molecule has 0 radical (unpaired) electrons. The maximum absolute atomic E-state index is 13.6. The molecule has 0 amide bonds. The second-order valence-electron chi connectivity index (χ2n) is 11.0. The first-order valence-corrected chi connectivity index (χ1v) is 14.5. The normalized spacial score (nSPS) is 19.0. The first-order valence-electron chi connectivity index (χ1n) is 14.5. The predicted molar refractivity (Wildman–Crippen MR) is 157 cm³/mol. The van der Waals surface area contributed by atoms with Crippen molar-refractivity contribution in [2.45, 2.75) is 70.6 Å². The summed E-state index contributed by atoms with van der Waals surface area (Å²) in [6, 6.07) is 24.5. The second-order valence-corrected chi connectivity index (χ2v) is 11.0. The molecule has 4 rings (SSSR count). The van der Waals surface area contributed by atoms with Crippen molar-refractivity contribution in [3.8, 4) is 5.75 Å². The average Bonchev–Trinajstić information content (AvgIpc) is 2.97. The molecule has 206 valence electrons. The molecule has 1 aliphatic rings. The van der Waals surface area contributed by atoms with Crippen molar-refractivity contribution in [2.24, 2.45) is 11.8 Å². The molecule has 0 saturated carbocycles. The summed E-state index contributed by atoms with van der Waals surface area (Å²) in [4.78, 5) is 25.9. The molecular formula is C35H42O4. The number of carbonyl (C=O) groups is 2. The third-order valence-electron chi connectivity index (χ3n) is 8.13. The van der Waals surface area contributed by atoms with Gasteiger partial charge in [-0.2, -0.15) is 0 Å². The lowest BCUT2D eigenvalue weighted by Crippen LogP contribution is -2.15. The van der Waals surface area contributed by atoms with Gasteiger partial charge in [0.25, 0.3) is 0 Å². The number of methoxy groups -OCH3 is 2. The summed E-state index contributed by atoms with van der Waals surface area (Å²) in [6.45, 7) is 0. The number of hydrogen-bond acceptors (Lipinski definition) is 4. The number of ether oxygens (including phenoxy) is 2.